The van der Waals surface area contributed by atoms with E-state index in [0.29, 0.717) is 26.4 Å². The summed E-state index contributed by atoms with van der Waals surface area (Å²) in [6, 6.07) is 0. The average Bonchev–Trinajstić information content (AvgIpc) is 2.25. The molecule has 0 aliphatic carbocycles. The standard InChI is InChI=1S/2C4H10O2.C2H6O/c2*1-5-3-4-6-2;1-2-3/h2*3-4H2,1-2H3;3H,2H2,1H3. The third kappa shape index (κ3) is 57.1. The minimum Gasteiger partial charge on any atom is -0.397 e. The van der Waals surface area contributed by atoms with Crippen LogP contribution in [0.1, 0.15) is 6.92 Å². The van der Waals surface area contributed by atoms with Crippen molar-refractivity contribution in [1.82, 2.24) is 0 Å². The highest BCUT2D eigenvalue weighted by atomic mass is 16.5. The Labute approximate surface area is 93.3 Å². The van der Waals surface area contributed by atoms with Gasteiger partial charge in [0.15, 0.2) is 0 Å². The Bertz CT molecular complexity index is 54.8. The monoisotopic (exact) mass is 226 g/mol. The van der Waals surface area contributed by atoms with Crippen molar-refractivity contribution in [2.45, 2.75) is 6.92 Å². The van der Waals surface area contributed by atoms with E-state index in [1.54, 1.807) is 35.4 Å². The second-order valence-electron chi connectivity index (χ2n) is 2.29. The van der Waals surface area contributed by atoms with Crippen LogP contribution in [0.2, 0.25) is 0 Å². The molecule has 0 bridgehead atoms. The fourth-order valence-electron chi connectivity index (χ4n) is 0.333. The Morgan fingerprint density at radius 1 is 0.667 bits per heavy atom. The molecule has 0 rings (SSSR count). The molecule has 0 saturated carbocycles. The van der Waals surface area contributed by atoms with Crippen molar-refractivity contribution in [3.05, 3.63) is 0 Å². The van der Waals surface area contributed by atoms with E-state index in [-0.39, 0.29) is 6.61 Å². The van der Waals surface area contributed by atoms with Gasteiger partial charge < -0.3 is 24.1 Å². The molecule has 0 aliphatic heterocycles. The lowest BCUT2D eigenvalue weighted by molar-refractivity contribution is 0.103. The van der Waals surface area contributed by atoms with Crippen molar-refractivity contribution < 1.29 is 24.1 Å². The zero-order valence-electron chi connectivity index (χ0n) is 10.6. The van der Waals surface area contributed by atoms with Gasteiger partial charge in [-0.2, -0.15) is 0 Å². The number of ether oxygens (including phenoxy) is 4. The smallest absolute Gasteiger partial charge is 0.0696 e. The number of hydrogen-bond acceptors (Lipinski definition) is 5. The molecule has 0 atom stereocenters. The topological polar surface area (TPSA) is 57.2 Å². The van der Waals surface area contributed by atoms with Crippen molar-refractivity contribution in [2.24, 2.45) is 0 Å². The SMILES string of the molecule is CCO.COCCOC.COCCOC. The summed E-state index contributed by atoms with van der Waals surface area (Å²) in [4.78, 5) is 0. The molecule has 0 fully saturated rings. The van der Waals surface area contributed by atoms with Gasteiger partial charge in [-0.25, -0.2) is 0 Å². The molecule has 96 valence electrons. The Morgan fingerprint density at radius 2 is 0.800 bits per heavy atom. The lowest BCUT2D eigenvalue weighted by atomic mass is 10.8. The first kappa shape index (κ1) is 20.2. The predicted octanol–water partition coefficient (Wildman–Crippen LogP) is 0.557. The number of hydrogen-bond donors (Lipinski definition) is 1. The van der Waals surface area contributed by atoms with Gasteiger partial charge in [-0.1, -0.05) is 0 Å². The summed E-state index contributed by atoms with van der Waals surface area (Å²) in [5, 5.41) is 7.57. The van der Waals surface area contributed by atoms with Crippen LogP contribution in [0.25, 0.3) is 0 Å². The molecule has 1 N–H and O–H groups in total. The highest BCUT2D eigenvalue weighted by Crippen LogP contribution is 1.66. The summed E-state index contributed by atoms with van der Waals surface area (Å²) < 4.78 is 18.6. The van der Waals surface area contributed by atoms with E-state index in [1.807, 2.05) is 0 Å². The average molecular weight is 226 g/mol. The quantitative estimate of drug-likeness (QED) is 0.671. The molecule has 0 amide bonds. The maximum absolute atomic E-state index is 7.57. The fraction of sp³-hybridized carbons (Fsp3) is 1.00. The molecule has 0 radical (unpaired) electrons. The third-order valence-corrected chi connectivity index (χ3v) is 0.983. The predicted molar refractivity (Wildman–Crippen MR) is 60.3 cm³/mol. The molecule has 0 aromatic rings. The van der Waals surface area contributed by atoms with Gasteiger partial charge in [-0.15, -0.1) is 0 Å². The largest absolute Gasteiger partial charge is 0.397 e. The first-order valence-corrected chi connectivity index (χ1v) is 4.81. The van der Waals surface area contributed by atoms with Crippen molar-refractivity contribution >= 4 is 0 Å². The second-order valence-corrected chi connectivity index (χ2v) is 2.29. The van der Waals surface area contributed by atoms with Crippen LogP contribution in [0.15, 0.2) is 0 Å². The number of methoxy groups -OCH3 is 4. The molecular formula is C10H26O5. The molecule has 5 heteroatoms. The van der Waals surface area contributed by atoms with Crippen LogP contribution in [0.3, 0.4) is 0 Å². The molecule has 0 spiro atoms. The first-order chi connectivity index (χ1) is 7.24. The van der Waals surface area contributed by atoms with Gasteiger partial charge in [-0.3, -0.25) is 0 Å². The van der Waals surface area contributed by atoms with Crippen LogP contribution in [0.5, 0.6) is 0 Å². The summed E-state index contributed by atoms with van der Waals surface area (Å²) in [5.41, 5.74) is 0. The van der Waals surface area contributed by atoms with Crippen LogP contribution >= 0.6 is 0 Å². The fourth-order valence-corrected chi connectivity index (χ4v) is 0.333. The van der Waals surface area contributed by atoms with E-state index < -0.39 is 0 Å². The van der Waals surface area contributed by atoms with Crippen molar-refractivity contribution in [1.29, 1.82) is 0 Å². The minimum absolute atomic E-state index is 0.250. The molecule has 0 unspecified atom stereocenters. The third-order valence-electron chi connectivity index (χ3n) is 0.983. The van der Waals surface area contributed by atoms with Gasteiger partial charge in [-0.05, 0) is 6.92 Å². The van der Waals surface area contributed by atoms with E-state index >= 15 is 0 Å². The van der Waals surface area contributed by atoms with Gasteiger partial charge >= 0.3 is 0 Å². The molecule has 0 aromatic carbocycles. The van der Waals surface area contributed by atoms with Crippen molar-refractivity contribution in [3.8, 4) is 0 Å². The van der Waals surface area contributed by atoms with Crippen LogP contribution in [-0.4, -0.2) is 66.6 Å². The number of aliphatic hydroxyl groups is 1. The zero-order chi connectivity index (χ0) is 12.4. The molecule has 5 nitrogen and oxygen atoms in total. The molecular weight excluding hydrogens is 200 g/mol. The maximum atomic E-state index is 7.57. The summed E-state index contributed by atoms with van der Waals surface area (Å²) in [7, 11) is 6.61. The van der Waals surface area contributed by atoms with Crippen molar-refractivity contribution in [2.75, 3.05) is 61.5 Å². The van der Waals surface area contributed by atoms with E-state index in [2.05, 4.69) is 18.9 Å². The van der Waals surface area contributed by atoms with Gasteiger partial charge in [0.2, 0.25) is 0 Å². The molecule has 15 heavy (non-hydrogen) atoms. The first-order valence-electron chi connectivity index (χ1n) is 4.81. The lowest BCUT2D eigenvalue weighted by Crippen LogP contribution is -1.96. The zero-order valence-corrected chi connectivity index (χ0v) is 10.6. The molecule has 0 heterocycles. The summed E-state index contributed by atoms with van der Waals surface area (Å²) in [5.74, 6) is 0. The van der Waals surface area contributed by atoms with E-state index in [0.717, 1.165) is 0 Å². The highest BCUT2D eigenvalue weighted by molar-refractivity contribution is 4.18. The Morgan fingerprint density at radius 3 is 0.867 bits per heavy atom. The van der Waals surface area contributed by atoms with Crippen molar-refractivity contribution in [3.63, 3.8) is 0 Å². The Kier molecular flexibility index (Phi) is 39.4. The Hall–Kier alpha value is -0.200. The minimum atomic E-state index is 0.250. The molecule has 0 aliphatic rings. The van der Waals surface area contributed by atoms with Crippen LogP contribution in [-0.2, 0) is 18.9 Å². The van der Waals surface area contributed by atoms with Gasteiger partial charge in [0.25, 0.3) is 0 Å². The normalized spacial score (nSPS) is 8.40. The summed E-state index contributed by atoms with van der Waals surface area (Å²) >= 11 is 0. The summed E-state index contributed by atoms with van der Waals surface area (Å²) in [6.45, 7) is 4.69. The number of aliphatic hydroxyl groups excluding tert-OH is 1. The van der Waals surface area contributed by atoms with E-state index in [4.69, 9.17) is 5.11 Å². The molecule has 0 saturated heterocycles. The lowest BCUT2D eigenvalue weighted by Gasteiger charge is -1.91. The van der Waals surface area contributed by atoms with Crippen LogP contribution in [0.4, 0.5) is 0 Å². The second kappa shape index (κ2) is 29.2. The summed E-state index contributed by atoms with van der Waals surface area (Å²) in [6.07, 6.45) is 0. The molecule has 0 aromatic heterocycles. The van der Waals surface area contributed by atoms with Gasteiger partial charge in [0, 0.05) is 35.0 Å². The van der Waals surface area contributed by atoms with Gasteiger partial charge in [0.05, 0.1) is 26.4 Å². The maximum Gasteiger partial charge on any atom is 0.0696 e. The van der Waals surface area contributed by atoms with Crippen LogP contribution < -0.4 is 0 Å². The van der Waals surface area contributed by atoms with Gasteiger partial charge in [0.1, 0.15) is 0 Å². The Balaban J connectivity index is -0.000000153. The van der Waals surface area contributed by atoms with E-state index in [1.165, 1.54) is 0 Å². The van der Waals surface area contributed by atoms with Crippen LogP contribution in [0, 0.1) is 0 Å². The highest BCUT2D eigenvalue weighted by Gasteiger charge is 1.74. The number of rotatable bonds is 6. The van der Waals surface area contributed by atoms with E-state index in [9.17, 15) is 0 Å².